The number of rotatable bonds is 8. The lowest BCUT2D eigenvalue weighted by molar-refractivity contribution is -0.384. The highest BCUT2D eigenvalue weighted by molar-refractivity contribution is 7.07. The molecule has 1 aliphatic rings. The highest BCUT2D eigenvalue weighted by Crippen LogP contribution is 2.31. The van der Waals surface area contributed by atoms with E-state index in [0.29, 0.717) is 42.7 Å². The summed E-state index contributed by atoms with van der Waals surface area (Å²) in [5.74, 6) is 0.198. The van der Waals surface area contributed by atoms with E-state index in [2.05, 4.69) is 4.99 Å². The van der Waals surface area contributed by atoms with E-state index in [-0.39, 0.29) is 30.0 Å². The van der Waals surface area contributed by atoms with Crippen LogP contribution in [0.4, 0.5) is 5.69 Å². The van der Waals surface area contributed by atoms with Crippen molar-refractivity contribution in [3.63, 3.8) is 0 Å². The quantitative estimate of drug-likeness (QED) is 0.132. The molecule has 40 heavy (non-hydrogen) atoms. The molecule has 0 saturated carbocycles. The molecule has 12 heteroatoms. The predicted octanol–water partition coefficient (Wildman–Crippen LogP) is 4.25. The van der Waals surface area contributed by atoms with Gasteiger partial charge in [0, 0.05) is 35.9 Å². The zero-order chi connectivity index (χ0) is 28.4. The molecule has 0 radical (unpaired) electrons. The first kappa shape index (κ1) is 27.3. The fraction of sp³-hybridized carbons (Fsp3) is 0.179. The third-order valence-electron chi connectivity index (χ3n) is 6.19. The molecule has 5 rings (SSSR count). The van der Waals surface area contributed by atoms with Crippen LogP contribution >= 0.6 is 22.9 Å². The average Bonchev–Trinajstić information content (AvgIpc) is 3.53. The van der Waals surface area contributed by atoms with Crippen molar-refractivity contribution < 1.29 is 23.6 Å². The Hall–Kier alpha value is -4.32. The Kier molecular flexibility index (Phi) is 7.78. The average molecular weight is 580 g/mol. The Balaban J connectivity index is 1.58. The number of furan rings is 1. The van der Waals surface area contributed by atoms with Crippen LogP contribution in [-0.2, 0) is 14.3 Å². The number of hydrogen-bond acceptors (Lipinski definition) is 9. The van der Waals surface area contributed by atoms with Gasteiger partial charge in [-0.3, -0.25) is 19.5 Å². The monoisotopic (exact) mass is 579 g/mol. The second-order valence-electron chi connectivity index (χ2n) is 8.77. The van der Waals surface area contributed by atoms with Gasteiger partial charge in [0.05, 0.1) is 33.4 Å². The molecule has 204 valence electrons. The number of carbonyl (C=O) groups is 1. The lowest BCUT2D eigenvalue weighted by Crippen LogP contribution is -2.40. The molecule has 2 aromatic heterocycles. The van der Waals surface area contributed by atoms with Crippen molar-refractivity contribution in [1.29, 1.82) is 0 Å². The summed E-state index contributed by atoms with van der Waals surface area (Å²) < 4.78 is 18.1. The number of halogens is 1. The van der Waals surface area contributed by atoms with Gasteiger partial charge in [0.15, 0.2) is 4.80 Å². The maximum absolute atomic E-state index is 13.7. The molecule has 1 atom stereocenters. The molecular weight excluding hydrogens is 558 g/mol. The minimum atomic E-state index is -0.789. The number of nitro benzene ring substituents is 1. The van der Waals surface area contributed by atoms with Crippen LogP contribution in [0.5, 0.6) is 0 Å². The third kappa shape index (κ3) is 5.39. The van der Waals surface area contributed by atoms with E-state index in [0.717, 1.165) is 11.3 Å². The molecule has 1 unspecified atom stereocenters. The van der Waals surface area contributed by atoms with Crippen LogP contribution in [0.15, 0.2) is 86.1 Å². The van der Waals surface area contributed by atoms with Crippen LogP contribution in [0.25, 0.3) is 17.4 Å². The Morgan fingerprint density at radius 2 is 1.98 bits per heavy atom. The van der Waals surface area contributed by atoms with Gasteiger partial charge in [-0.1, -0.05) is 47.2 Å². The number of nitro groups is 1. The van der Waals surface area contributed by atoms with E-state index in [1.54, 1.807) is 61.5 Å². The topological polar surface area (TPSA) is 126 Å². The minimum Gasteiger partial charge on any atom is -0.460 e. The molecule has 2 aromatic carbocycles. The van der Waals surface area contributed by atoms with Gasteiger partial charge in [-0.15, -0.1) is 0 Å². The van der Waals surface area contributed by atoms with Gasteiger partial charge in [0.1, 0.15) is 18.1 Å². The van der Waals surface area contributed by atoms with E-state index >= 15 is 0 Å². The number of carbonyl (C=O) groups excluding carboxylic acids is 1. The van der Waals surface area contributed by atoms with Crippen molar-refractivity contribution in [3.05, 3.63) is 118 Å². The number of allylic oxidation sites excluding steroid dienone is 1. The zero-order valence-electron chi connectivity index (χ0n) is 21.3. The fourth-order valence-corrected chi connectivity index (χ4v) is 5.48. The SMILES string of the molecule is COCCOC(=O)C1=C(C)N=c2sc(=Cc3ccc(-c4cccc([N+](=O)[O-])c4)o3)c(=O)n2C1c1ccc(Cl)cc1. The molecule has 0 N–H and O–H groups in total. The summed E-state index contributed by atoms with van der Waals surface area (Å²) in [6.45, 7) is 1.98. The summed E-state index contributed by atoms with van der Waals surface area (Å²) in [5, 5.41) is 11.7. The van der Waals surface area contributed by atoms with E-state index in [1.807, 2.05) is 0 Å². The summed E-state index contributed by atoms with van der Waals surface area (Å²) in [6.07, 6.45) is 1.58. The lowest BCUT2D eigenvalue weighted by Gasteiger charge is -2.24. The van der Waals surface area contributed by atoms with Crippen LogP contribution in [0.3, 0.4) is 0 Å². The highest BCUT2D eigenvalue weighted by Gasteiger charge is 2.33. The Labute approximate surface area is 236 Å². The first-order valence-electron chi connectivity index (χ1n) is 12.1. The molecule has 1 aliphatic heterocycles. The largest absolute Gasteiger partial charge is 0.460 e. The van der Waals surface area contributed by atoms with Crippen LogP contribution in [0, 0.1) is 10.1 Å². The number of methoxy groups -OCH3 is 1. The summed E-state index contributed by atoms with van der Waals surface area (Å²) >= 11 is 7.26. The Morgan fingerprint density at radius 3 is 2.70 bits per heavy atom. The molecule has 0 saturated heterocycles. The molecule has 0 aliphatic carbocycles. The number of esters is 1. The molecule has 0 fully saturated rings. The van der Waals surface area contributed by atoms with E-state index < -0.39 is 16.9 Å². The second kappa shape index (κ2) is 11.4. The summed E-state index contributed by atoms with van der Waals surface area (Å²) in [6, 6.07) is 15.5. The van der Waals surface area contributed by atoms with Crippen LogP contribution in [0.2, 0.25) is 5.02 Å². The van der Waals surface area contributed by atoms with Crippen molar-refractivity contribution >= 4 is 40.7 Å². The smallest absolute Gasteiger partial charge is 0.338 e. The first-order chi connectivity index (χ1) is 19.3. The maximum Gasteiger partial charge on any atom is 0.338 e. The molecule has 0 bridgehead atoms. The summed E-state index contributed by atoms with van der Waals surface area (Å²) in [4.78, 5) is 42.5. The molecule has 3 heterocycles. The number of ether oxygens (including phenoxy) is 2. The molecular formula is C28H22ClN3O7S. The Bertz CT molecular complexity index is 1820. The lowest BCUT2D eigenvalue weighted by atomic mass is 9.96. The van der Waals surface area contributed by atoms with E-state index in [9.17, 15) is 19.7 Å². The van der Waals surface area contributed by atoms with E-state index in [4.69, 9.17) is 25.5 Å². The van der Waals surface area contributed by atoms with Gasteiger partial charge >= 0.3 is 5.97 Å². The number of thiazole rings is 1. The first-order valence-corrected chi connectivity index (χ1v) is 13.2. The van der Waals surface area contributed by atoms with Gasteiger partial charge < -0.3 is 13.9 Å². The van der Waals surface area contributed by atoms with Gasteiger partial charge in [-0.2, -0.15) is 0 Å². The molecule has 10 nitrogen and oxygen atoms in total. The number of fused-ring (bicyclic) bond motifs is 1. The third-order valence-corrected chi connectivity index (χ3v) is 7.42. The fourth-order valence-electron chi connectivity index (χ4n) is 4.33. The Morgan fingerprint density at radius 1 is 1.20 bits per heavy atom. The molecule has 4 aromatic rings. The summed E-state index contributed by atoms with van der Waals surface area (Å²) in [7, 11) is 1.51. The van der Waals surface area contributed by atoms with Crippen molar-refractivity contribution in [2.45, 2.75) is 13.0 Å². The zero-order valence-corrected chi connectivity index (χ0v) is 22.9. The minimum absolute atomic E-state index is 0.0509. The van der Waals surface area contributed by atoms with Crippen LogP contribution in [0.1, 0.15) is 24.3 Å². The number of hydrogen-bond donors (Lipinski definition) is 0. The van der Waals surface area contributed by atoms with Crippen molar-refractivity contribution in [2.75, 3.05) is 20.3 Å². The number of benzene rings is 2. The van der Waals surface area contributed by atoms with Crippen LogP contribution in [-0.4, -0.2) is 35.8 Å². The van der Waals surface area contributed by atoms with Crippen molar-refractivity contribution in [1.82, 2.24) is 4.57 Å². The highest BCUT2D eigenvalue weighted by atomic mass is 35.5. The van der Waals surface area contributed by atoms with Crippen LogP contribution < -0.4 is 14.9 Å². The standard InChI is InChI=1S/C28H22ClN3O7S/c1-16-24(27(34)38-13-12-37-2)25(17-6-8-19(29)9-7-17)31-26(33)23(40-28(31)30-16)15-21-10-11-22(39-21)18-4-3-5-20(14-18)32(35)36/h3-11,14-15,25H,12-13H2,1-2H3. The van der Waals surface area contributed by atoms with Gasteiger partial charge in [-0.25, -0.2) is 9.79 Å². The van der Waals surface area contributed by atoms with Gasteiger partial charge in [0.25, 0.3) is 11.2 Å². The summed E-state index contributed by atoms with van der Waals surface area (Å²) in [5.41, 5.74) is 1.44. The van der Waals surface area contributed by atoms with E-state index in [1.165, 1.54) is 23.8 Å². The maximum atomic E-state index is 13.7. The van der Waals surface area contributed by atoms with Gasteiger partial charge in [0.2, 0.25) is 0 Å². The normalized spacial score (nSPS) is 15.1. The van der Waals surface area contributed by atoms with Crippen molar-refractivity contribution in [2.24, 2.45) is 4.99 Å². The predicted molar refractivity (Wildman–Crippen MR) is 149 cm³/mol. The molecule has 0 spiro atoms. The second-order valence-corrected chi connectivity index (χ2v) is 10.2. The number of aromatic nitrogens is 1. The van der Waals surface area contributed by atoms with Crippen molar-refractivity contribution in [3.8, 4) is 11.3 Å². The number of non-ortho nitro benzene ring substituents is 1. The van der Waals surface area contributed by atoms with Gasteiger partial charge in [-0.05, 0) is 36.8 Å². The number of nitrogens with zero attached hydrogens (tertiary/aromatic N) is 3. The molecule has 0 amide bonds.